The molecule has 25 heavy (non-hydrogen) atoms. The third-order valence-electron chi connectivity index (χ3n) is 4.37. The summed E-state index contributed by atoms with van der Waals surface area (Å²) in [4.78, 5) is 22.7. The number of hydrogen-bond acceptors (Lipinski definition) is 2. The first-order valence-corrected chi connectivity index (χ1v) is 8.18. The second-order valence-corrected chi connectivity index (χ2v) is 6.30. The zero-order valence-corrected chi connectivity index (χ0v) is 13.6. The molecule has 0 aromatic heterocycles. The maximum absolute atomic E-state index is 12.6. The molecule has 3 N–H and O–H groups in total. The second-order valence-electron chi connectivity index (χ2n) is 6.30. The monoisotopic (exact) mass is 358 g/mol. The molecular weight excluding hydrogens is 337 g/mol. The van der Waals surface area contributed by atoms with Gasteiger partial charge in [0.1, 0.15) is 0 Å². The normalized spacial score (nSPS) is 20.8. The summed E-state index contributed by atoms with van der Waals surface area (Å²) in [6.07, 6.45) is -2.56. The van der Waals surface area contributed by atoms with Gasteiger partial charge in [0.2, 0.25) is 0 Å². The van der Waals surface area contributed by atoms with E-state index in [1.807, 2.05) is 0 Å². The van der Waals surface area contributed by atoms with Crippen molar-refractivity contribution in [1.82, 2.24) is 10.6 Å². The maximum Gasteiger partial charge on any atom is 0.389 e. The van der Waals surface area contributed by atoms with Gasteiger partial charge in [-0.15, -0.1) is 0 Å². The van der Waals surface area contributed by atoms with Gasteiger partial charge in [-0.05, 0) is 36.5 Å². The van der Waals surface area contributed by atoms with E-state index in [1.165, 1.54) is 12.1 Å². The molecule has 2 atom stereocenters. The number of carboxylic acid groups (broad SMARTS) is 1. The number of alkyl halides is 3. The van der Waals surface area contributed by atoms with Gasteiger partial charge in [-0.25, -0.2) is 9.59 Å². The molecule has 1 aliphatic carbocycles. The number of rotatable bonds is 5. The number of nitrogens with one attached hydrogen (secondary N) is 2. The lowest BCUT2D eigenvalue weighted by atomic mass is 9.82. The molecule has 0 radical (unpaired) electrons. The van der Waals surface area contributed by atoms with Gasteiger partial charge in [0.15, 0.2) is 0 Å². The van der Waals surface area contributed by atoms with Crippen molar-refractivity contribution in [2.75, 3.05) is 0 Å². The SMILES string of the molecule is O=C(NCc1ccc(C(=O)O)cc1)N[C@H]1CCCC[C@H]1CC(F)(F)F. The predicted molar refractivity (Wildman–Crippen MR) is 85.2 cm³/mol. The first-order chi connectivity index (χ1) is 11.7. The van der Waals surface area contributed by atoms with Gasteiger partial charge in [-0.3, -0.25) is 0 Å². The molecule has 2 rings (SSSR count). The van der Waals surface area contributed by atoms with E-state index in [1.54, 1.807) is 12.1 Å². The van der Waals surface area contributed by atoms with E-state index in [0.29, 0.717) is 18.4 Å². The molecule has 5 nitrogen and oxygen atoms in total. The highest BCUT2D eigenvalue weighted by Crippen LogP contribution is 2.34. The Morgan fingerprint density at radius 2 is 1.76 bits per heavy atom. The quantitative estimate of drug-likeness (QED) is 0.751. The Kier molecular flexibility index (Phi) is 6.27. The van der Waals surface area contributed by atoms with Gasteiger partial charge < -0.3 is 15.7 Å². The van der Waals surface area contributed by atoms with Crippen molar-refractivity contribution in [3.05, 3.63) is 35.4 Å². The molecule has 1 fully saturated rings. The molecule has 2 amide bonds. The molecular formula is C17H21F3N2O3. The molecule has 0 saturated heterocycles. The molecule has 8 heteroatoms. The van der Waals surface area contributed by atoms with Crippen molar-refractivity contribution < 1.29 is 27.9 Å². The maximum atomic E-state index is 12.6. The second kappa shape index (κ2) is 8.22. The Labute approximate surface area is 143 Å². The third kappa shape index (κ3) is 6.28. The van der Waals surface area contributed by atoms with Crippen LogP contribution in [0.4, 0.5) is 18.0 Å². The minimum absolute atomic E-state index is 0.144. The van der Waals surface area contributed by atoms with Crippen LogP contribution in [0, 0.1) is 5.92 Å². The zero-order valence-electron chi connectivity index (χ0n) is 13.6. The Morgan fingerprint density at radius 1 is 1.12 bits per heavy atom. The minimum atomic E-state index is -4.23. The number of carboxylic acids is 1. The number of halogens is 3. The molecule has 1 aromatic carbocycles. The van der Waals surface area contributed by atoms with Crippen LogP contribution in [0.15, 0.2) is 24.3 Å². The van der Waals surface area contributed by atoms with E-state index in [-0.39, 0.29) is 12.1 Å². The van der Waals surface area contributed by atoms with Gasteiger partial charge in [-0.2, -0.15) is 13.2 Å². The summed E-state index contributed by atoms with van der Waals surface area (Å²) in [5.41, 5.74) is 0.848. The van der Waals surface area contributed by atoms with Crippen molar-refractivity contribution >= 4 is 12.0 Å². The van der Waals surface area contributed by atoms with E-state index in [4.69, 9.17) is 5.11 Å². The first kappa shape index (κ1) is 19.1. The Bertz CT molecular complexity index is 602. The molecule has 0 spiro atoms. The highest BCUT2D eigenvalue weighted by molar-refractivity contribution is 5.87. The van der Waals surface area contributed by atoms with Crippen molar-refractivity contribution in [2.45, 2.75) is 50.9 Å². The highest BCUT2D eigenvalue weighted by atomic mass is 19.4. The summed E-state index contributed by atoms with van der Waals surface area (Å²) in [7, 11) is 0. The molecule has 1 aliphatic rings. The molecule has 138 valence electrons. The zero-order chi connectivity index (χ0) is 18.4. The predicted octanol–water partition coefficient (Wildman–Crippen LogP) is 3.70. The number of carbonyl (C=O) groups is 2. The first-order valence-electron chi connectivity index (χ1n) is 8.18. The molecule has 0 heterocycles. The molecule has 1 aromatic rings. The van der Waals surface area contributed by atoms with Gasteiger partial charge in [0.25, 0.3) is 0 Å². The van der Waals surface area contributed by atoms with E-state index in [2.05, 4.69) is 10.6 Å². The van der Waals surface area contributed by atoms with Crippen LogP contribution in [-0.2, 0) is 6.54 Å². The fraction of sp³-hybridized carbons (Fsp3) is 0.529. The largest absolute Gasteiger partial charge is 0.478 e. The van der Waals surface area contributed by atoms with Gasteiger partial charge in [-0.1, -0.05) is 25.0 Å². The molecule has 1 saturated carbocycles. The smallest absolute Gasteiger partial charge is 0.389 e. The van der Waals surface area contributed by atoms with Gasteiger partial charge >= 0.3 is 18.2 Å². The summed E-state index contributed by atoms with van der Waals surface area (Å²) in [5.74, 6) is -1.63. The molecule has 0 aliphatic heterocycles. The Balaban J connectivity index is 1.84. The Morgan fingerprint density at radius 3 is 2.36 bits per heavy atom. The topological polar surface area (TPSA) is 78.4 Å². The fourth-order valence-electron chi connectivity index (χ4n) is 3.11. The van der Waals surface area contributed by atoms with Crippen LogP contribution >= 0.6 is 0 Å². The van der Waals surface area contributed by atoms with Crippen LogP contribution in [-0.4, -0.2) is 29.3 Å². The fourth-order valence-corrected chi connectivity index (χ4v) is 3.11. The minimum Gasteiger partial charge on any atom is -0.478 e. The Hall–Kier alpha value is -2.25. The number of amides is 2. The molecule has 0 bridgehead atoms. The molecule has 0 unspecified atom stereocenters. The summed E-state index contributed by atoms with van der Waals surface area (Å²) in [6.45, 7) is 0.169. The lowest BCUT2D eigenvalue weighted by molar-refractivity contribution is -0.148. The lowest BCUT2D eigenvalue weighted by Gasteiger charge is -2.32. The number of carbonyl (C=O) groups excluding carboxylic acids is 1. The summed E-state index contributed by atoms with van der Waals surface area (Å²) < 4.78 is 37.9. The summed E-state index contributed by atoms with van der Waals surface area (Å²) in [5, 5.41) is 14.1. The van der Waals surface area contributed by atoms with E-state index in [0.717, 1.165) is 12.8 Å². The van der Waals surface area contributed by atoms with E-state index < -0.39 is 36.6 Å². The van der Waals surface area contributed by atoms with Crippen molar-refractivity contribution in [1.29, 1.82) is 0 Å². The highest BCUT2D eigenvalue weighted by Gasteiger charge is 2.37. The number of benzene rings is 1. The van der Waals surface area contributed by atoms with Gasteiger partial charge in [0, 0.05) is 19.0 Å². The van der Waals surface area contributed by atoms with Crippen LogP contribution in [0.1, 0.15) is 48.0 Å². The lowest BCUT2D eigenvalue weighted by Crippen LogP contribution is -2.47. The number of hydrogen-bond donors (Lipinski definition) is 3. The van der Waals surface area contributed by atoms with E-state index in [9.17, 15) is 22.8 Å². The summed E-state index contributed by atoms with van der Waals surface area (Å²) >= 11 is 0. The standard InChI is InChI=1S/C17H21F3N2O3/c18-17(19,20)9-13-3-1-2-4-14(13)22-16(25)21-10-11-5-7-12(8-6-11)15(23)24/h5-8,13-14H,1-4,9-10H2,(H,23,24)(H2,21,22,25)/t13-,14-/m0/s1. The van der Waals surface area contributed by atoms with Crippen molar-refractivity contribution in [2.24, 2.45) is 5.92 Å². The van der Waals surface area contributed by atoms with Crippen LogP contribution in [0.5, 0.6) is 0 Å². The van der Waals surface area contributed by atoms with Crippen molar-refractivity contribution in [3.63, 3.8) is 0 Å². The number of aromatic carboxylic acids is 1. The van der Waals surface area contributed by atoms with Gasteiger partial charge in [0.05, 0.1) is 5.56 Å². The van der Waals surface area contributed by atoms with Crippen LogP contribution in [0.2, 0.25) is 0 Å². The van der Waals surface area contributed by atoms with Crippen LogP contribution in [0.25, 0.3) is 0 Å². The van der Waals surface area contributed by atoms with Crippen molar-refractivity contribution in [3.8, 4) is 0 Å². The summed E-state index contributed by atoms with van der Waals surface area (Å²) in [6, 6.07) is 5.02. The van der Waals surface area contributed by atoms with Crippen LogP contribution < -0.4 is 10.6 Å². The average molecular weight is 358 g/mol. The van der Waals surface area contributed by atoms with Crippen LogP contribution in [0.3, 0.4) is 0 Å². The number of urea groups is 1. The average Bonchev–Trinajstić information content (AvgIpc) is 2.54. The third-order valence-corrected chi connectivity index (χ3v) is 4.37. The van der Waals surface area contributed by atoms with E-state index >= 15 is 0 Å².